The van der Waals surface area contributed by atoms with Crippen LogP contribution in [0.15, 0.2) is 61.2 Å². The Balaban J connectivity index is 0.00000484. The molecule has 0 aromatic heterocycles. The number of carboxylic acid groups (broad SMARTS) is 1. The smallest absolute Gasteiger partial charge is 0.323 e. The van der Waals surface area contributed by atoms with Crippen molar-refractivity contribution in [3.63, 3.8) is 0 Å². The van der Waals surface area contributed by atoms with E-state index < -0.39 is 12.0 Å². The van der Waals surface area contributed by atoms with Crippen molar-refractivity contribution in [2.45, 2.75) is 12.5 Å². The number of amides is 1. The van der Waals surface area contributed by atoms with Gasteiger partial charge in [-0.3, -0.25) is 9.59 Å². The molecule has 0 fully saturated rings. The van der Waals surface area contributed by atoms with Crippen molar-refractivity contribution >= 4 is 18.2 Å². The number of ketones is 1. The van der Waals surface area contributed by atoms with E-state index in [-0.39, 0.29) is 12.2 Å². The molecule has 126 valence electrons. The molecular weight excluding hydrogens is 539 g/mol. The third-order valence-corrected chi connectivity index (χ3v) is 2.97. The molecule has 0 spiro atoms. The number of Topliss-reactive ketones (excluding diaryl/α,β-unsaturated/α-hetero) is 1. The van der Waals surface area contributed by atoms with E-state index in [1.54, 1.807) is 30.3 Å². The molecule has 0 saturated heterocycles. The van der Waals surface area contributed by atoms with Gasteiger partial charge in [0.1, 0.15) is 6.04 Å². The monoisotopic (exact) mass is 555 g/mol. The van der Waals surface area contributed by atoms with Crippen LogP contribution in [0, 0.1) is 0 Å². The van der Waals surface area contributed by atoms with Gasteiger partial charge in [-0.05, 0) is 5.56 Å². The molecule has 1 aromatic carbocycles. The summed E-state index contributed by atoms with van der Waals surface area (Å²) < 4.78 is 0. The standard InChI is InChI=1S/C17H16NO4.Fm/c1-3-5-13(4-2)16(20)14-8-6-12(7-9-14)10-15(17(21)22)18-11-19;/h3-9,15H,1-2,10H2,(H,18,19)(H,21,22);/q-1;/b13-5+;/t15-;/m0./s1. The summed E-state index contributed by atoms with van der Waals surface area (Å²) in [6.07, 6.45) is 5.99. The first-order valence-corrected chi connectivity index (χ1v) is 6.47. The molecular formula is C17H16FmNO4-. The number of carbonyl (C=O) groups is 2. The number of benzene rings is 1. The summed E-state index contributed by atoms with van der Waals surface area (Å²) in [6, 6.07) is 5.43. The van der Waals surface area contributed by atoms with Gasteiger partial charge < -0.3 is 15.2 Å². The average molecular weight is 555 g/mol. The molecule has 1 amide bonds. The summed E-state index contributed by atoms with van der Waals surface area (Å²) in [4.78, 5) is 33.4. The number of nitrogens with one attached hydrogen (secondary N) is 1. The summed E-state index contributed by atoms with van der Waals surface area (Å²) in [5, 5.41) is 11.1. The molecule has 0 saturated carbocycles. The second-order valence-electron chi connectivity index (χ2n) is 4.43. The van der Waals surface area contributed by atoms with Gasteiger partial charge in [0.2, 0.25) is 0 Å². The molecule has 0 unspecified atom stereocenters. The van der Waals surface area contributed by atoms with Gasteiger partial charge >= 0.3 is 5.97 Å². The third-order valence-electron chi connectivity index (χ3n) is 2.97. The van der Waals surface area contributed by atoms with Crippen molar-refractivity contribution in [1.82, 2.24) is 5.32 Å². The van der Waals surface area contributed by atoms with Gasteiger partial charge in [-0.1, -0.05) is 55.7 Å². The van der Waals surface area contributed by atoms with Crippen molar-refractivity contribution in [2.24, 2.45) is 0 Å². The number of hydrogen-bond acceptors (Lipinski definition) is 3. The van der Waals surface area contributed by atoms with Crippen molar-refractivity contribution in [1.29, 1.82) is 0 Å². The zero-order chi connectivity index (χ0) is 16.5. The van der Waals surface area contributed by atoms with Gasteiger partial charge in [0.05, 0.1) is 0 Å². The fourth-order valence-electron chi connectivity index (χ4n) is 1.83. The van der Waals surface area contributed by atoms with E-state index in [0.29, 0.717) is 16.7 Å². The van der Waals surface area contributed by atoms with Crippen molar-refractivity contribution in [2.75, 3.05) is 0 Å². The number of allylic oxidation sites excluding steroid dienone is 4. The Labute approximate surface area is 128 Å². The molecule has 0 bridgehead atoms. The molecule has 0 aliphatic rings. The quantitative estimate of drug-likeness (QED) is 0.160. The second kappa shape index (κ2) is 9.07. The normalized spacial score (nSPS) is 11.6. The third kappa shape index (κ3) is 5.15. The van der Waals surface area contributed by atoms with Gasteiger partial charge in [-0.15, -0.1) is 0 Å². The van der Waals surface area contributed by atoms with Gasteiger partial charge in [-0.25, -0.2) is 0 Å². The van der Waals surface area contributed by atoms with Crippen molar-refractivity contribution in [3.05, 3.63) is 72.4 Å². The molecule has 1 aromatic rings. The maximum atomic E-state index is 12.2. The van der Waals surface area contributed by atoms with Crippen LogP contribution in [0.25, 0.3) is 0 Å². The molecule has 0 aliphatic heterocycles. The molecule has 1 rings (SSSR count). The maximum absolute atomic E-state index is 12.2. The first kappa shape index (κ1) is 19.1. The van der Waals surface area contributed by atoms with Crippen LogP contribution in [0.3, 0.4) is 0 Å². The van der Waals surface area contributed by atoms with E-state index in [9.17, 15) is 14.4 Å². The molecule has 0 aliphatic carbocycles. The van der Waals surface area contributed by atoms with E-state index >= 15 is 0 Å². The van der Waals surface area contributed by atoms with Crippen LogP contribution in [-0.2, 0) is 16.0 Å². The van der Waals surface area contributed by atoms with E-state index in [1.165, 1.54) is 18.6 Å². The molecule has 0 radical (unpaired) electrons. The fourth-order valence-corrected chi connectivity index (χ4v) is 1.83. The van der Waals surface area contributed by atoms with Crippen LogP contribution < -0.4 is 5.32 Å². The molecule has 2 N–H and O–H groups in total. The fraction of sp³-hybridized carbons (Fsp3) is 0.118. The molecule has 5 nitrogen and oxygen atoms in total. The number of rotatable bonds is 9. The summed E-state index contributed by atoms with van der Waals surface area (Å²) in [7, 11) is 0. The Morgan fingerprint density at radius 3 is 2.30 bits per heavy atom. The Kier molecular flexibility index (Phi) is 7.51. The topological polar surface area (TPSA) is 83.5 Å². The number of aliphatic carboxylic acids is 1. The van der Waals surface area contributed by atoms with Gasteiger partial charge in [-0.2, -0.15) is 6.41 Å². The van der Waals surface area contributed by atoms with Crippen LogP contribution in [0.4, 0.5) is 0 Å². The number of hydrogen-bond donors (Lipinski definition) is 2. The van der Waals surface area contributed by atoms with Crippen LogP contribution in [0.5, 0.6) is 0 Å². The predicted octanol–water partition coefficient (Wildman–Crippen LogP) is 1.82. The zero-order valence-electron chi connectivity index (χ0n) is 12.2. The minimum atomic E-state index is -1.15. The summed E-state index contributed by atoms with van der Waals surface area (Å²) in [5.41, 5.74) is 1.56. The maximum Gasteiger partial charge on any atom is 0.323 e. The molecule has 0 heterocycles. The second-order valence-corrected chi connectivity index (χ2v) is 4.43. The van der Waals surface area contributed by atoms with Crippen molar-refractivity contribution in [3.8, 4) is 0 Å². The predicted molar refractivity (Wildman–Crippen MR) is 83.2 cm³/mol. The Morgan fingerprint density at radius 1 is 1.26 bits per heavy atom. The van der Waals surface area contributed by atoms with E-state index in [0.717, 1.165) is 0 Å². The van der Waals surface area contributed by atoms with Gasteiger partial charge in [0.15, 0.2) is 5.78 Å². The summed E-state index contributed by atoms with van der Waals surface area (Å²) >= 11 is 0. The van der Waals surface area contributed by atoms with Gasteiger partial charge in [0.25, 0.3) is 0 Å². The zero-order valence-corrected chi connectivity index (χ0v) is 14.6. The first-order valence-electron chi connectivity index (χ1n) is 6.47. The minimum Gasteiger partial charge on any atom is -0.520 e. The summed E-state index contributed by atoms with van der Waals surface area (Å²) in [5.74, 6) is -1.35. The van der Waals surface area contributed by atoms with Gasteiger partial charge in [0, 0.05) is 17.6 Å². The number of carbonyl (C=O) groups excluding carboxylic acids is 2. The largest absolute Gasteiger partial charge is 0.520 e. The Morgan fingerprint density at radius 2 is 1.87 bits per heavy atom. The van der Waals surface area contributed by atoms with Crippen LogP contribution in [0.2, 0.25) is 0 Å². The molecule has 1 atom stereocenters. The van der Waals surface area contributed by atoms with Crippen LogP contribution in [0.1, 0.15) is 15.9 Å². The Bertz CT molecular complexity index is 620. The Hall–Kier alpha value is -3.95. The number of carboxylic acids is 1. The SMILES string of the molecule is C=C/C=C(\C=C)C(=O)c1ccc(C[C@H](N[C-]=O)C(=O)O)cc1.[Fm]. The van der Waals surface area contributed by atoms with E-state index in [1.807, 2.05) is 0 Å². The average Bonchev–Trinajstić information content (AvgIpc) is 2.52. The molecule has 6 heteroatoms. The van der Waals surface area contributed by atoms with Crippen LogP contribution in [-0.4, -0.2) is 29.3 Å². The van der Waals surface area contributed by atoms with E-state index in [2.05, 4.69) is 18.5 Å². The van der Waals surface area contributed by atoms with Crippen LogP contribution >= 0.6 is 0 Å². The summed E-state index contributed by atoms with van der Waals surface area (Å²) in [6.45, 7) is 7.11. The minimum absolute atomic E-state index is 0. The van der Waals surface area contributed by atoms with Crippen molar-refractivity contribution < 1.29 is 19.5 Å². The molecule has 23 heavy (non-hydrogen) atoms. The first-order chi connectivity index (χ1) is 10.5. The van der Waals surface area contributed by atoms with E-state index in [4.69, 9.17) is 5.11 Å².